The molecule has 1 heterocycles. The standard InChI is InChI=1S/C10H11Cl2NO3S2/c1-16-10-8(3-2-7(11)9(10)12)18(14,15)13-4-5-17-6-13/h2-3H,4-6H2,1H3. The largest absolute Gasteiger partial charge is 0.494 e. The number of methoxy groups -OCH3 is 1. The number of sulfonamides is 1. The summed E-state index contributed by atoms with van der Waals surface area (Å²) >= 11 is 13.4. The van der Waals surface area contributed by atoms with Crippen LogP contribution in [0.15, 0.2) is 17.0 Å². The van der Waals surface area contributed by atoms with Crippen molar-refractivity contribution in [3.05, 3.63) is 22.2 Å². The third-order valence-corrected chi connectivity index (χ3v) is 6.34. The minimum atomic E-state index is -3.58. The van der Waals surface area contributed by atoms with Crippen molar-refractivity contribution in [2.45, 2.75) is 4.90 Å². The molecule has 100 valence electrons. The van der Waals surface area contributed by atoms with Gasteiger partial charge in [-0.15, -0.1) is 11.8 Å². The average Bonchev–Trinajstić information content (AvgIpc) is 2.86. The van der Waals surface area contributed by atoms with E-state index in [1.807, 2.05) is 0 Å². The molecule has 4 nitrogen and oxygen atoms in total. The number of hydrogen-bond acceptors (Lipinski definition) is 4. The van der Waals surface area contributed by atoms with Crippen molar-refractivity contribution in [2.24, 2.45) is 0 Å². The fraction of sp³-hybridized carbons (Fsp3) is 0.400. The minimum Gasteiger partial charge on any atom is -0.494 e. The normalized spacial score (nSPS) is 17.1. The van der Waals surface area contributed by atoms with Gasteiger partial charge in [-0.25, -0.2) is 8.42 Å². The topological polar surface area (TPSA) is 46.6 Å². The van der Waals surface area contributed by atoms with Crippen LogP contribution in [0.25, 0.3) is 0 Å². The Morgan fingerprint density at radius 2 is 2.11 bits per heavy atom. The van der Waals surface area contributed by atoms with Crippen LogP contribution in [0.5, 0.6) is 5.75 Å². The quantitative estimate of drug-likeness (QED) is 0.856. The van der Waals surface area contributed by atoms with E-state index in [9.17, 15) is 8.42 Å². The smallest absolute Gasteiger partial charge is 0.247 e. The van der Waals surface area contributed by atoms with Crippen LogP contribution in [0, 0.1) is 0 Å². The van der Waals surface area contributed by atoms with Crippen LogP contribution in [0.2, 0.25) is 10.0 Å². The summed E-state index contributed by atoms with van der Waals surface area (Å²) in [5, 5.41) is 0.385. The summed E-state index contributed by atoms with van der Waals surface area (Å²) in [5.41, 5.74) is 0. The maximum absolute atomic E-state index is 12.4. The fourth-order valence-electron chi connectivity index (χ4n) is 1.63. The van der Waals surface area contributed by atoms with Crippen molar-refractivity contribution in [3.8, 4) is 5.75 Å². The van der Waals surface area contributed by atoms with E-state index in [0.717, 1.165) is 5.75 Å². The number of hydrogen-bond donors (Lipinski definition) is 0. The first-order chi connectivity index (χ1) is 8.48. The molecule has 1 aromatic carbocycles. The molecular formula is C10H11Cl2NO3S2. The van der Waals surface area contributed by atoms with E-state index in [1.54, 1.807) is 11.8 Å². The molecule has 0 saturated carbocycles. The second kappa shape index (κ2) is 5.46. The third-order valence-electron chi connectivity index (χ3n) is 2.56. The van der Waals surface area contributed by atoms with Gasteiger partial charge in [-0.3, -0.25) is 0 Å². The van der Waals surface area contributed by atoms with E-state index >= 15 is 0 Å². The zero-order chi connectivity index (χ0) is 13.3. The van der Waals surface area contributed by atoms with Crippen LogP contribution in [0.3, 0.4) is 0 Å². The molecule has 2 rings (SSSR count). The van der Waals surface area contributed by atoms with E-state index < -0.39 is 10.0 Å². The Bertz CT molecular complexity index is 556. The highest BCUT2D eigenvalue weighted by Gasteiger charge is 2.31. The Morgan fingerprint density at radius 1 is 1.39 bits per heavy atom. The predicted octanol–water partition coefficient (Wildman–Crippen LogP) is 2.70. The molecule has 1 aromatic rings. The molecule has 1 aliphatic heterocycles. The van der Waals surface area contributed by atoms with Crippen LogP contribution in [-0.2, 0) is 10.0 Å². The van der Waals surface area contributed by atoms with Crippen LogP contribution < -0.4 is 4.74 Å². The molecule has 0 spiro atoms. The van der Waals surface area contributed by atoms with Crippen LogP contribution in [-0.4, -0.2) is 38.0 Å². The van der Waals surface area contributed by atoms with E-state index in [-0.39, 0.29) is 20.7 Å². The monoisotopic (exact) mass is 327 g/mol. The van der Waals surface area contributed by atoms with Gasteiger partial charge in [0, 0.05) is 12.3 Å². The number of nitrogens with zero attached hydrogens (tertiary/aromatic N) is 1. The number of benzene rings is 1. The molecule has 0 atom stereocenters. The number of rotatable bonds is 3. The second-order valence-electron chi connectivity index (χ2n) is 3.61. The van der Waals surface area contributed by atoms with Gasteiger partial charge in [-0.1, -0.05) is 23.2 Å². The summed E-state index contributed by atoms with van der Waals surface area (Å²) in [7, 11) is -2.21. The van der Waals surface area contributed by atoms with Crippen LogP contribution in [0.4, 0.5) is 0 Å². The molecule has 0 N–H and O–H groups in total. The van der Waals surface area contributed by atoms with E-state index in [2.05, 4.69) is 0 Å². The van der Waals surface area contributed by atoms with Gasteiger partial charge in [0.05, 0.1) is 18.0 Å². The van der Waals surface area contributed by atoms with Gasteiger partial charge < -0.3 is 4.74 Å². The highest BCUT2D eigenvalue weighted by atomic mass is 35.5. The summed E-state index contributed by atoms with van der Waals surface area (Å²) in [4.78, 5) is 0.0573. The zero-order valence-electron chi connectivity index (χ0n) is 9.52. The van der Waals surface area contributed by atoms with Crippen LogP contribution >= 0.6 is 35.0 Å². The molecule has 0 aliphatic carbocycles. The molecule has 1 saturated heterocycles. The summed E-state index contributed by atoms with van der Waals surface area (Å²) in [5.74, 6) is 1.34. The van der Waals surface area contributed by atoms with Gasteiger partial charge >= 0.3 is 0 Å². The summed E-state index contributed by atoms with van der Waals surface area (Å²) in [6, 6.07) is 2.88. The summed E-state index contributed by atoms with van der Waals surface area (Å²) in [6.45, 7) is 0.496. The molecule has 1 fully saturated rings. The van der Waals surface area contributed by atoms with Gasteiger partial charge in [0.1, 0.15) is 9.92 Å². The van der Waals surface area contributed by atoms with E-state index in [0.29, 0.717) is 12.4 Å². The first kappa shape index (κ1) is 14.3. The van der Waals surface area contributed by atoms with Crippen molar-refractivity contribution in [1.29, 1.82) is 0 Å². The highest BCUT2D eigenvalue weighted by Crippen LogP contribution is 2.39. The Labute approximate surface area is 120 Å². The lowest BCUT2D eigenvalue weighted by Gasteiger charge is -2.17. The Balaban J connectivity index is 2.53. The molecule has 0 amide bonds. The zero-order valence-corrected chi connectivity index (χ0v) is 12.7. The van der Waals surface area contributed by atoms with Gasteiger partial charge in [0.25, 0.3) is 0 Å². The number of thioether (sulfide) groups is 1. The Morgan fingerprint density at radius 3 is 2.67 bits per heavy atom. The number of ether oxygens (including phenoxy) is 1. The van der Waals surface area contributed by atoms with Crippen molar-refractivity contribution in [3.63, 3.8) is 0 Å². The summed E-state index contributed by atoms with van der Waals surface area (Å²) < 4.78 is 31.3. The predicted molar refractivity (Wildman–Crippen MR) is 74.2 cm³/mol. The lowest BCUT2D eigenvalue weighted by atomic mass is 10.3. The first-order valence-corrected chi connectivity index (χ1v) is 8.43. The Kier molecular flexibility index (Phi) is 4.33. The molecule has 8 heteroatoms. The lowest BCUT2D eigenvalue weighted by molar-refractivity contribution is 0.399. The van der Waals surface area contributed by atoms with Gasteiger partial charge in [0.2, 0.25) is 10.0 Å². The molecular weight excluding hydrogens is 317 g/mol. The highest BCUT2D eigenvalue weighted by molar-refractivity contribution is 8.00. The average molecular weight is 328 g/mol. The van der Waals surface area contributed by atoms with E-state index in [4.69, 9.17) is 27.9 Å². The molecule has 0 bridgehead atoms. The van der Waals surface area contributed by atoms with Crippen molar-refractivity contribution in [2.75, 3.05) is 25.3 Å². The summed E-state index contributed by atoms with van der Waals surface area (Å²) in [6.07, 6.45) is 0. The van der Waals surface area contributed by atoms with E-state index in [1.165, 1.54) is 23.5 Å². The lowest BCUT2D eigenvalue weighted by Crippen LogP contribution is -2.28. The molecule has 18 heavy (non-hydrogen) atoms. The molecule has 0 unspecified atom stereocenters. The van der Waals surface area contributed by atoms with Crippen molar-refractivity contribution >= 4 is 45.0 Å². The Hall–Kier alpha value is -0.140. The molecule has 0 radical (unpaired) electrons. The fourth-order valence-corrected chi connectivity index (χ4v) is 5.06. The maximum atomic E-state index is 12.4. The third kappa shape index (κ3) is 2.44. The van der Waals surface area contributed by atoms with Gasteiger partial charge in [-0.05, 0) is 12.1 Å². The SMILES string of the molecule is COc1c(S(=O)(=O)N2CCSC2)ccc(Cl)c1Cl. The molecule has 1 aliphatic rings. The second-order valence-corrected chi connectivity index (χ2v) is 7.38. The van der Waals surface area contributed by atoms with Crippen molar-refractivity contribution in [1.82, 2.24) is 4.31 Å². The van der Waals surface area contributed by atoms with Crippen LogP contribution in [0.1, 0.15) is 0 Å². The maximum Gasteiger partial charge on any atom is 0.247 e. The van der Waals surface area contributed by atoms with Gasteiger partial charge in [0.15, 0.2) is 5.75 Å². The first-order valence-electron chi connectivity index (χ1n) is 5.08. The van der Waals surface area contributed by atoms with Gasteiger partial charge in [-0.2, -0.15) is 4.31 Å². The molecule has 0 aromatic heterocycles. The van der Waals surface area contributed by atoms with Crippen molar-refractivity contribution < 1.29 is 13.2 Å². The minimum absolute atomic E-state index is 0.0573. The number of halogens is 2.